The van der Waals surface area contributed by atoms with Gasteiger partial charge in [0.15, 0.2) is 17.2 Å². The number of hydrogen-bond acceptors (Lipinski definition) is 4. The van der Waals surface area contributed by atoms with Gasteiger partial charge in [0, 0.05) is 21.7 Å². The number of ether oxygens (including phenoxy) is 2. The van der Waals surface area contributed by atoms with Crippen LogP contribution in [0.4, 0.5) is 4.39 Å². The molecular formula is C27H17FO3S. The topological polar surface area (TPSA) is 35.5 Å². The molecule has 5 aromatic rings. The van der Waals surface area contributed by atoms with Crippen molar-refractivity contribution in [3.63, 3.8) is 0 Å². The number of hydrogen-bond donors (Lipinski definition) is 0. The van der Waals surface area contributed by atoms with Gasteiger partial charge in [-0.1, -0.05) is 61.2 Å². The van der Waals surface area contributed by atoms with Crippen LogP contribution in [0.15, 0.2) is 97.6 Å². The second-order valence-electron chi connectivity index (χ2n) is 7.10. The van der Waals surface area contributed by atoms with Gasteiger partial charge in [-0.05, 0) is 41.1 Å². The third kappa shape index (κ3) is 3.63. The smallest absolute Gasteiger partial charge is 0.335 e. The zero-order chi connectivity index (χ0) is 22.1. The second-order valence-corrected chi connectivity index (χ2v) is 8.15. The Bertz CT molecular complexity index is 1480. The van der Waals surface area contributed by atoms with Crippen molar-refractivity contribution in [2.45, 2.75) is 0 Å². The highest BCUT2D eigenvalue weighted by Gasteiger charge is 2.20. The highest BCUT2D eigenvalue weighted by molar-refractivity contribution is 7.22. The molecule has 0 amide bonds. The van der Waals surface area contributed by atoms with E-state index < -0.39 is 5.97 Å². The largest absolute Gasteiger partial charge is 0.451 e. The molecule has 1 heterocycles. The number of para-hydroxylation sites is 2. The molecule has 0 N–H and O–H groups in total. The Hall–Kier alpha value is -3.96. The normalized spacial score (nSPS) is 10.9. The van der Waals surface area contributed by atoms with Crippen LogP contribution in [0, 0.1) is 5.82 Å². The fraction of sp³-hybridized carbons (Fsp3) is 0. The molecule has 0 atom stereocenters. The maximum Gasteiger partial charge on any atom is 0.335 e. The maximum atomic E-state index is 14.0. The van der Waals surface area contributed by atoms with Gasteiger partial charge in [-0.15, -0.1) is 11.3 Å². The average Bonchev–Trinajstić information content (AvgIpc) is 3.16. The third-order valence-corrected chi connectivity index (χ3v) is 6.25. The molecule has 0 bridgehead atoms. The monoisotopic (exact) mass is 440 g/mol. The van der Waals surface area contributed by atoms with E-state index >= 15 is 0 Å². The van der Waals surface area contributed by atoms with Gasteiger partial charge in [0.2, 0.25) is 0 Å². The molecule has 0 saturated carbocycles. The van der Waals surface area contributed by atoms with E-state index in [1.54, 1.807) is 30.3 Å². The summed E-state index contributed by atoms with van der Waals surface area (Å²) in [5.41, 5.74) is 0.986. The molecule has 0 spiro atoms. The van der Waals surface area contributed by atoms with E-state index in [-0.39, 0.29) is 11.6 Å². The summed E-state index contributed by atoms with van der Waals surface area (Å²) < 4.78 is 26.5. The van der Waals surface area contributed by atoms with E-state index in [1.807, 2.05) is 24.3 Å². The van der Waals surface area contributed by atoms with Crippen LogP contribution < -0.4 is 9.47 Å². The van der Waals surface area contributed by atoms with Gasteiger partial charge in [0.1, 0.15) is 5.82 Å². The number of benzene rings is 4. The highest BCUT2D eigenvalue weighted by Crippen LogP contribution is 2.49. The summed E-state index contributed by atoms with van der Waals surface area (Å²) in [7, 11) is 0. The Kier molecular flexibility index (Phi) is 5.17. The molecule has 0 fully saturated rings. The summed E-state index contributed by atoms with van der Waals surface area (Å²) in [6.07, 6.45) is 1.10. The molecule has 4 aromatic carbocycles. The molecule has 5 heteroatoms. The van der Waals surface area contributed by atoms with Crippen LogP contribution in [0.25, 0.3) is 31.3 Å². The molecule has 156 valence electrons. The van der Waals surface area contributed by atoms with Gasteiger partial charge >= 0.3 is 5.97 Å². The van der Waals surface area contributed by atoms with E-state index in [0.29, 0.717) is 11.5 Å². The number of fused-ring (bicyclic) bond motifs is 2. The predicted octanol–water partition coefficient (Wildman–Crippen LogP) is 7.74. The lowest BCUT2D eigenvalue weighted by Gasteiger charge is -2.13. The first-order chi connectivity index (χ1) is 15.6. The lowest BCUT2D eigenvalue weighted by atomic mass is 10.0. The quantitative estimate of drug-likeness (QED) is 0.159. The summed E-state index contributed by atoms with van der Waals surface area (Å²) in [5, 5.41) is 2.95. The van der Waals surface area contributed by atoms with Crippen LogP contribution in [0.1, 0.15) is 0 Å². The Balaban J connectivity index is 1.72. The van der Waals surface area contributed by atoms with Gasteiger partial charge in [-0.25, -0.2) is 9.18 Å². The highest BCUT2D eigenvalue weighted by atomic mass is 32.1. The molecule has 0 aliphatic rings. The first-order valence-electron chi connectivity index (χ1n) is 9.95. The molecule has 1 aromatic heterocycles. The van der Waals surface area contributed by atoms with Crippen molar-refractivity contribution in [3.8, 4) is 27.7 Å². The molecule has 0 saturated heterocycles. The fourth-order valence-electron chi connectivity index (χ4n) is 3.63. The van der Waals surface area contributed by atoms with Crippen molar-refractivity contribution in [2.75, 3.05) is 0 Å². The van der Waals surface area contributed by atoms with Crippen LogP contribution in [0.2, 0.25) is 0 Å². The molecule has 5 rings (SSSR count). The third-order valence-electron chi connectivity index (χ3n) is 5.08. The SMILES string of the molecule is C=CC(=O)Oc1ccccc1Oc1c(-c2cccc3ccccc23)sc2cc(F)ccc12. The van der Waals surface area contributed by atoms with Crippen LogP contribution in [-0.4, -0.2) is 5.97 Å². The Morgan fingerprint density at radius 3 is 2.47 bits per heavy atom. The van der Waals surface area contributed by atoms with Crippen molar-refractivity contribution >= 4 is 38.2 Å². The first kappa shape index (κ1) is 20.0. The van der Waals surface area contributed by atoms with E-state index in [1.165, 1.54) is 23.5 Å². The molecule has 0 radical (unpaired) electrons. The minimum Gasteiger partial charge on any atom is -0.451 e. The van der Waals surface area contributed by atoms with Crippen LogP contribution in [0.3, 0.4) is 0 Å². The number of carbonyl (C=O) groups is 1. The van der Waals surface area contributed by atoms with Crippen molar-refractivity contribution in [3.05, 3.63) is 103 Å². The van der Waals surface area contributed by atoms with Gasteiger partial charge < -0.3 is 9.47 Å². The standard InChI is InChI=1S/C27H17FO3S/c1-2-25(29)30-22-12-5-6-13-23(22)31-26-21-15-14-18(28)16-24(21)32-27(26)20-11-7-9-17-8-3-4-10-19(17)20/h2-16H,1H2. The summed E-state index contributed by atoms with van der Waals surface area (Å²) in [4.78, 5) is 12.7. The zero-order valence-corrected chi connectivity index (χ0v) is 17.7. The lowest BCUT2D eigenvalue weighted by Crippen LogP contribution is -2.04. The Labute approximate surface area is 188 Å². The lowest BCUT2D eigenvalue weighted by molar-refractivity contribution is -0.129. The summed E-state index contributed by atoms with van der Waals surface area (Å²) in [6.45, 7) is 3.44. The van der Waals surface area contributed by atoms with Gasteiger partial charge in [0.25, 0.3) is 0 Å². The van der Waals surface area contributed by atoms with Crippen LogP contribution >= 0.6 is 11.3 Å². The molecule has 0 aliphatic heterocycles. The van der Waals surface area contributed by atoms with Gasteiger partial charge in [-0.2, -0.15) is 0 Å². The molecule has 0 unspecified atom stereocenters. The van der Waals surface area contributed by atoms with Crippen molar-refractivity contribution in [2.24, 2.45) is 0 Å². The van der Waals surface area contributed by atoms with Crippen LogP contribution in [0.5, 0.6) is 17.2 Å². The maximum absolute atomic E-state index is 14.0. The number of halogens is 1. The minimum absolute atomic E-state index is 0.280. The summed E-state index contributed by atoms with van der Waals surface area (Å²) in [5.74, 6) is 0.363. The average molecular weight is 440 g/mol. The number of thiophene rings is 1. The van der Waals surface area contributed by atoms with Crippen LogP contribution in [-0.2, 0) is 4.79 Å². The first-order valence-corrected chi connectivity index (χ1v) is 10.8. The van der Waals surface area contributed by atoms with Gasteiger partial charge in [0.05, 0.1) is 4.88 Å². The minimum atomic E-state index is -0.576. The van der Waals surface area contributed by atoms with Crippen molar-refractivity contribution in [1.29, 1.82) is 0 Å². The fourth-order valence-corrected chi connectivity index (χ4v) is 4.82. The predicted molar refractivity (Wildman–Crippen MR) is 127 cm³/mol. The van der Waals surface area contributed by atoms with E-state index in [4.69, 9.17) is 9.47 Å². The van der Waals surface area contributed by atoms with E-state index in [2.05, 4.69) is 24.8 Å². The second kappa shape index (κ2) is 8.29. The van der Waals surface area contributed by atoms with Crippen molar-refractivity contribution < 1.29 is 18.7 Å². The Morgan fingerprint density at radius 1 is 0.875 bits per heavy atom. The zero-order valence-electron chi connectivity index (χ0n) is 16.9. The number of rotatable bonds is 5. The molecule has 0 aliphatic carbocycles. The molecule has 32 heavy (non-hydrogen) atoms. The summed E-state index contributed by atoms with van der Waals surface area (Å²) >= 11 is 1.46. The van der Waals surface area contributed by atoms with E-state index in [0.717, 1.165) is 37.4 Å². The number of esters is 1. The summed E-state index contributed by atoms with van der Waals surface area (Å²) in [6, 6.07) is 25.7. The van der Waals surface area contributed by atoms with Gasteiger partial charge in [-0.3, -0.25) is 0 Å². The van der Waals surface area contributed by atoms with Crippen molar-refractivity contribution in [1.82, 2.24) is 0 Å². The molecule has 3 nitrogen and oxygen atoms in total. The molecular weight excluding hydrogens is 423 g/mol. The van der Waals surface area contributed by atoms with E-state index in [9.17, 15) is 9.18 Å². The Morgan fingerprint density at radius 2 is 1.62 bits per heavy atom. The number of carbonyl (C=O) groups excluding carboxylic acids is 1.